The van der Waals surface area contributed by atoms with Gasteiger partial charge in [-0.15, -0.1) is 0 Å². The Hall–Kier alpha value is -4.39. The minimum atomic E-state index is -0.354. The van der Waals surface area contributed by atoms with E-state index in [2.05, 4.69) is 10.1 Å². The van der Waals surface area contributed by atoms with Gasteiger partial charge in [0, 0.05) is 29.8 Å². The molecule has 0 fully saturated rings. The van der Waals surface area contributed by atoms with Crippen molar-refractivity contribution < 1.29 is 14.3 Å². The molecule has 1 N–H and O–H groups in total. The number of rotatable bonds is 3. The van der Waals surface area contributed by atoms with E-state index in [0.717, 1.165) is 27.6 Å². The second-order valence-corrected chi connectivity index (χ2v) is 8.65. The van der Waals surface area contributed by atoms with Crippen molar-refractivity contribution in [1.29, 1.82) is 0 Å². The van der Waals surface area contributed by atoms with Crippen LogP contribution in [0.2, 0.25) is 0 Å². The van der Waals surface area contributed by atoms with Gasteiger partial charge in [0.05, 0.1) is 17.3 Å². The molecule has 7 heteroatoms. The Morgan fingerprint density at radius 2 is 1.69 bits per heavy atom. The molecule has 2 aliphatic rings. The molecular weight excluding hydrogens is 442 g/mol. The normalized spacial score (nSPS) is 16.9. The van der Waals surface area contributed by atoms with Gasteiger partial charge < -0.3 is 14.5 Å². The average Bonchev–Trinajstić information content (AvgIpc) is 3.33. The molecule has 174 valence electrons. The predicted octanol–water partition coefficient (Wildman–Crippen LogP) is 4.66. The standard InChI is InChI=1S/C28H23N3O4/c1-17(32)31-23(19-11-12-24-25(15-19)35-14-13-34-24)16-22(30-31)27-26(18-7-3-2-4-8-18)20-9-5-6-10-21(20)29-28(27)33/h2-12,15,23H,13-14,16H2,1H3,(H,29,33)/t23-/m1/s1. The molecule has 0 aliphatic carbocycles. The molecule has 0 saturated heterocycles. The Bertz CT molecular complexity index is 1540. The van der Waals surface area contributed by atoms with Crippen LogP contribution in [0.5, 0.6) is 11.5 Å². The maximum absolute atomic E-state index is 13.4. The summed E-state index contributed by atoms with van der Waals surface area (Å²) >= 11 is 0. The largest absolute Gasteiger partial charge is 0.486 e. The summed E-state index contributed by atoms with van der Waals surface area (Å²) in [5.74, 6) is 1.14. The number of ether oxygens (including phenoxy) is 2. The maximum atomic E-state index is 13.4. The van der Waals surface area contributed by atoms with E-state index in [1.807, 2.05) is 72.8 Å². The monoisotopic (exact) mass is 465 g/mol. The van der Waals surface area contributed by atoms with Gasteiger partial charge in [-0.25, -0.2) is 5.01 Å². The van der Waals surface area contributed by atoms with Crippen LogP contribution in [0.25, 0.3) is 22.0 Å². The Morgan fingerprint density at radius 1 is 0.943 bits per heavy atom. The van der Waals surface area contributed by atoms with Gasteiger partial charge in [-0.3, -0.25) is 9.59 Å². The lowest BCUT2D eigenvalue weighted by atomic mass is 9.91. The number of para-hydroxylation sites is 1. The predicted molar refractivity (Wildman–Crippen MR) is 134 cm³/mol. The lowest BCUT2D eigenvalue weighted by Gasteiger charge is -2.23. The summed E-state index contributed by atoms with van der Waals surface area (Å²) < 4.78 is 11.4. The van der Waals surface area contributed by atoms with Crippen molar-refractivity contribution in [3.63, 3.8) is 0 Å². The zero-order valence-electron chi connectivity index (χ0n) is 19.2. The van der Waals surface area contributed by atoms with Crippen molar-refractivity contribution in [3.05, 3.63) is 94.3 Å². The summed E-state index contributed by atoms with van der Waals surface area (Å²) in [6.45, 7) is 2.47. The molecule has 4 aromatic rings. The molecule has 0 saturated carbocycles. The molecule has 1 aromatic heterocycles. The molecule has 1 atom stereocenters. The van der Waals surface area contributed by atoms with Crippen LogP contribution in [0.3, 0.4) is 0 Å². The van der Waals surface area contributed by atoms with Crippen LogP contribution in [0.1, 0.15) is 30.5 Å². The fraction of sp³-hybridized carbons (Fsp3) is 0.179. The molecule has 3 heterocycles. The summed E-state index contributed by atoms with van der Waals surface area (Å²) in [6, 6.07) is 22.9. The van der Waals surface area contributed by atoms with Crippen LogP contribution in [0.15, 0.2) is 82.7 Å². The smallest absolute Gasteiger partial charge is 0.258 e. The van der Waals surface area contributed by atoms with Gasteiger partial charge in [-0.05, 0) is 29.3 Å². The molecule has 1 amide bonds. The topological polar surface area (TPSA) is 84.0 Å². The number of carbonyl (C=O) groups is 1. The first-order valence-corrected chi connectivity index (χ1v) is 11.6. The quantitative estimate of drug-likeness (QED) is 0.477. The van der Waals surface area contributed by atoms with E-state index in [4.69, 9.17) is 9.47 Å². The minimum absolute atomic E-state index is 0.196. The lowest BCUT2D eigenvalue weighted by molar-refractivity contribution is -0.130. The number of fused-ring (bicyclic) bond motifs is 2. The molecule has 2 aliphatic heterocycles. The number of H-pyrrole nitrogens is 1. The number of carbonyl (C=O) groups excluding carboxylic acids is 1. The van der Waals surface area contributed by atoms with Crippen molar-refractivity contribution >= 4 is 22.5 Å². The highest BCUT2D eigenvalue weighted by Gasteiger charge is 2.34. The summed E-state index contributed by atoms with van der Waals surface area (Å²) in [4.78, 5) is 29.1. The lowest BCUT2D eigenvalue weighted by Crippen LogP contribution is -2.24. The van der Waals surface area contributed by atoms with E-state index in [1.165, 1.54) is 11.9 Å². The summed E-state index contributed by atoms with van der Waals surface area (Å²) in [7, 11) is 0. The first-order chi connectivity index (χ1) is 17.1. The Kier molecular flexibility index (Phi) is 5.10. The number of pyridine rings is 1. The summed E-state index contributed by atoms with van der Waals surface area (Å²) in [6.07, 6.45) is 0.403. The zero-order chi connectivity index (χ0) is 23.9. The molecule has 6 rings (SSSR count). The number of nitrogens with zero attached hydrogens (tertiary/aromatic N) is 2. The van der Waals surface area contributed by atoms with E-state index >= 15 is 0 Å². The number of aromatic amines is 1. The third-order valence-corrected chi connectivity index (χ3v) is 6.46. The highest BCUT2D eigenvalue weighted by atomic mass is 16.6. The van der Waals surface area contributed by atoms with Gasteiger partial charge in [-0.2, -0.15) is 5.10 Å². The minimum Gasteiger partial charge on any atom is -0.486 e. The first-order valence-electron chi connectivity index (χ1n) is 11.6. The third-order valence-electron chi connectivity index (χ3n) is 6.46. The van der Waals surface area contributed by atoms with Crippen molar-refractivity contribution in [1.82, 2.24) is 9.99 Å². The fourth-order valence-electron chi connectivity index (χ4n) is 4.90. The van der Waals surface area contributed by atoms with Crippen LogP contribution in [-0.4, -0.2) is 34.8 Å². The van der Waals surface area contributed by atoms with Gasteiger partial charge in [0.15, 0.2) is 11.5 Å². The molecule has 0 unspecified atom stereocenters. The molecule has 3 aromatic carbocycles. The average molecular weight is 466 g/mol. The van der Waals surface area contributed by atoms with Gasteiger partial charge in [-0.1, -0.05) is 54.6 Å². The van der Waals surface area contributed by atoms with E-state index in [1.54, 1.807) is 0 Å². The Labute approximate surface area is 201 Å². The SMILES string of the molecule is CC(=O)N1N=C(c2c(-c3ccccc3)c3ccccc3[nH]c2=O)C[C@@H]1c1ccc2c(c1)OCCO2. The molecule has 0 spiro atoms. The van der Waals surface area contributed by atoms with Gasteiger partial charge in [0.2, 0.25) is 5.91 Å². The number of aromatic nitrogens is 1. The second kappa shape index (κ2) is 8.43. The highest BCUT2D eigenvalue weighted by molar-refractivity contribution is 6.12. The molecule has 0 bridgehead atoms. The molecule has 0 radical (unpaired) electrons. The third kappa shape index (κ3) is 3.65. The maximum Gasteiger partial charge on any atom is 0.258 e. The number of hydrogen-bond acceptors (Lipinski definition) is 5. The van der Waals surface area contributed by atoms with Crippen molar-refractivity contribution in [3.8, 4) is 22.6 Å². The summed E-state index contributed by atoms with van der Waals surface area (Å²) in [5, 5.41) is 7.08. The van der Waals surface area contributed by atoms with Gasteiger partial charge in [0.1, 0.15) is 13.2 Å². The van der Waals surface area contributed by atoms with Crippen molar-refractivity contribution in [2.45, 2.75) is 19.4 Å². The number of nitrogens with one attached hydrogen (secondary N) is 1. The van der Waals surface area contributed by atoms with Gasteiger partial charge in [0.25, 0.3) is 5.56 Å². The Balaban J connectivity index is 1.50. The van der Waals surface area contributed by atoms with Crippen molar-refractivity contribution in [2.75, 3.05) is 13.2 Å². The first kappa shape index (κ1) is 21.2. The second-order valence-electron chi connectivity index (χ2n) is 8.65. The number of hydrogen-bond donors (Lipinski definition) is 1. The van der Waals surface area contributed by atoms with E-state index < -0.39 is 0 Å². The molecule has 35 heavy (non-hydrogen) atoms. The van der Waals surface area contributed by atoms with Gasteiger partial charge >= 0.3 is 0 Å². The van der Waals surface area contributed by atoms with Crippen LogP contribution in [0.4, 0.5) is 0 Å². The molecular formula is C28H23N3O4. The number of amides is 1. The van der Waals surface area contributed by atoms with E-state index in [-0.39, 0.29) is 17.5 Å². The van der Waals surface area contributed by atoms with E-state index in [0.29, 0.717) is 42.4 Å². The highest BCUT2D eigenvalue weighted by Crippen LogP contribution is 2.40. The number of benzene rings is 3. The molecule has 7 nitrogen and oxygen atoms in total. The van der Waals surface area contributed by atoms with Crippen molar-refractivity contribution in [2.24, 2.45) is 5.10 Å². The zero-order valence-corrected chi connectivity index (χ0v) is 19.2. The van der Waals surface area contributed by atoms with E-state index in [9.17, 15) is 9.59 Å². The summed E-state index contributed by atoms with van der Waals surface area (Å²) in [5.41, 5.74) is 4.20. The van der Waals surface area contributed by atoms with Crippen LogP contribution in [-0.2, 0) is 4.79 Å². The van der Waals surface area contributed by atoms with Crippen LogP contribution in [0, 0.1) is 0 Å². The number of hydrazone groups is 1. The fourth-order valence-corrected chi connectivity index (χ4v) is 4.90. The Morgan fingerprint density at radius 3 is 2.49 bits per heavy atom. The van der Waals surface area contributed by atoms with Crippen LogP contribution < -0.4 is 15.0 Å². The van der Waals surface area contributed by atoms with Crippen LogP contribution >= 0.6 is 0 Å².